The zero-order chi connectivity index (χ0) is 27.3. The van der Waals surface area contributed by atoms with E-state index in [0.29, 0.717) is 43.8 Å². The molecule has 6 rings (SSSR count). The standard InChI is InChI=1S/C30H44O8.6CH4/c1-5-27(2,26(34)38-30-12-19-9-20(13-30)11-21(10-19)14-30)17-29(4,18-28(3)15-23(31)37-24(28)32)25(33)36-22-7-6-8-35-16-22;;;;;;/h19-22H,5-18H2,1-4H3;6*1H4. The molecule has 0 amide bonds. The molecule has 4 unspecified atom stereocenters. The van der Waals surface area contributed by atoms with Gasteiger partial charge in [-0.2, -0.15) is 0 Å². The largest absolute Gasteiger partial charge is 0.460 e. The molecular formula is C36H68O8. The lowest BCUT2D eigenvalue weighted by Gasteiger charge is -2.56. The van der Waals surface area contributed by atoms with Crippen LogP contribution < -0.4 is 0 Å². The normalized spacial score (nSPS) is 33.9. The molecule has 44 heavy (non-hydrogen) atoms. The van der Waals surface area contributed by atoms with E-state index in [2.05, 4.69) is 0 Å². The average molecular weight is 629 g/mol. The zero-order valence-electron chi connectivity index (χ0n) is 23.5. The summed E-state index contributed by atoms with van der Waals surface area (Å²) in [6, 6.07) is 0. The van der Waals surface area contributed by atoms with Crippen LogP contribution in [-0.2, 0) is 38.1 Å². The number of esters is 4. The zero-order valence-corrected chi connectivity index (χ0v) is 23.5. The molecule has 4 atom stereocenters. The number of hydrogen-bond acceptors (Lipinski definition) is 8. The van der Waals surface area contributed by atoms with Gasteiger partial charge in [-0.25, -0.2) is 0 Å². The highest BCUT2D eigenvalue weighted by Gasteiger charge is 2.57. The highest BCUT2D eigenvalue weighted by Crippen LogP contribution is 2.58. The molecule has 4 bridgehead atoms. The van der Waals surface area contributed by atoms with Crippen LogP contribution in [0.1, 0.15) is 149 Å². The summed E-state index contributed by atoms with van der Waals surface area (Å²) >= 11 is 0. The van der Waals surface area contributed by atoms with Crippen LogP contribution in [0.15, 0.2) is 0 Å². The van der Waals surface area contributed by atoms with Gasteiger partial charge in [-0.05, 0) is 109 Å². The Bertz CT molecular complexity index is 949. The number of carbonyl (C=O) groups is 4. The van der Waals surface area contributed by atoms with E-state index < -0.39 is 34.2 Å². The van der Waals surface area contributed by atoms with Gasteiger partial charge in [0.05, 0.1) is 29.3 Å². The minimum absolute atomic E-state index is 0. The van der Waals surface area contributed by atoms with E-state index in [1.807, 2.05) is 13.8 Å². The van der Waals surface area contributed by atoms with Gasteiger partial charge in [0, 0.05) is 6.61 Å². The van der Waals surface area contributed by atoms with Crippen molar-refractivity contribution in [1.29, 1.82) is 0 Å². The maximum atomic E-state index is 14.0. The van der Waals surface area contributed by atoms with Crippen molar-refractivity contribution < 1.29 is 38.1 Å². The van der Waals surface area contributed by atoms with Crippen LogP contribution in [0.2, 0.25) is 0 Å². The molecule has 2 heterocycles. The van der Waals surface area contributed by atoms with Gasteiger partial charge < -0.3 is 18.9 Å². The molecule has 6 aliphatic rings. The van der Waals surface area contributed by atoms with E-state index in [9.17, 15) is 19.2 Å². The van der Waals surface area contributed by atoms with E-state index in [1.165, 1.54) is 19.3 Å². The Hall–Kier alpha value is -1.96. The SMILES string of the molecule is C.C.C.C.C.C.CCC(C)(CC(C)(CC1(C)CC(=O)OC1=O)C(=O)OC1CCCOC1)C(=O)OC12CC3CC(CC(C3)C1)C2. The molecule has 0 aromatic heterocycles. The minimum Gasteiger partial charge on any atom is -0.460 e. The van der Waals surface area contributed by atoms with Crippen LogP contribution in [0.3, 0.4) is 0 Å². The quantitative estimate of drug-likeness (QED) is 0.142. The molecule has 2 saturated heterocycles. The van der Waals surface area contributed by atoms with Crippen molar-refractivity contribution in [3.63, 3.8) is 0 Å². The summed E-state index contributed by atoms with van der Waals surface area (Å²) in [5.41, 5.74) is -3.71. The molecule has 8 heteroatoms. The lowest BCUT2D eigenvalue weighted by molar-refractivity contribution is -0.200. The Morgan fingerprint density at radius 2 is 1.43 bits per heavy atom. The van der Waals surface area contributed by atoms with Gasteiger partial charge >= 0.3 is 23.9 Å². The highest BCUT2D eigenvalue weighted by atomic mass is 16.6. The van der Waals surface area contributed by atoms with Crippen LogP contribution in [0.5, 0.6) is 0 Å². The minimum atomic E-state index is -1.21. The van der Waals surface area contributed by atoms with Gasteiger partial charge in [-0.3, -0.25) is 19.2 Å². The molecule has 4 aliphatic carbocycles. The third kappa shape index (κ3) is 8.64. The number of cyclic esters (lactones) is 2. The van der Waals surface area contributed by atoms with Crippen molar-refractivity contribution in [2.45, 2.75) is 161 Å². The average Bonchev–Trinajstić information content (AvgIpc) is 3.08. The first-order chi connectivity index (χ1) is 17.9. The van der Waals surface area contributed by atoms with Crippen LogP contribution in [0.4, 0.5) is 0 Å². The van der Waals surface area contributed by atoms with Gasteiger partial charge in [0.2, 0.25) is 0 Å². The molecule has 0 aromatic rings. The summed E-state index contributed by atoms with van der Waals surface area (Å²) in [5.74, 6) is -0.0200. The topological polar surface area (TPSA) is 105 Å². The van der Waals surface area contributed by atoms with Crippen molar-refractivity contribution in [1.82, 2.24) is 0 Å². The molecule has 0 N–H and O–H groups in total. The lowest BCUT2D eigenvalue weighted by Crippen LogP contribution is -2.54. The van der Waals surface area contributed by atoms with E-state index >= 15 is 0 Å². The Morgan fingerprint density at radius 3 is 1.86 bits per heavy atom. The summed E-state index contributed by atoms with van der Waals surface area (Å²) < 4.78 is 22.8. The summed E-state index contributed by atoms with van der Waals surface area (Å²) in [7, 11) is 0. The maximum Gasteiger partial charge on any atom is 0.320 e. The summed E-state index contributed by atoms with van der Waals surface area (Å²) in [6.45, 7) is 8.20. The number of carbonyl (C=O) groups excluding carboxylic acids is 4. The second kappa shape index (κ2) is 16.0. The van der Waals surface area contributed by atoms with Crippen molar-refractivity contribution in [2.75, 3.05) is 13.2 Å². The smallest absolute Gasteiger partial charge is 0.320 e. The van der Waals surface area contributed by atoms with Gasteiger partial charge in [-0.15, -0.1) is 0 Å². The van der Waals surface area contributed by atoms with Gasteiger partial charge in [-0.1, -0.05) is 51.5 Å². The Balaban J connectivity index is 0. The molecule has 4 saturated carbocycles. The fourth-order valence-electron chi connectivity index (χ4n) is 8.63. The fraction of sp³-hybridized carbons (Fsp3) is 0.889. The van der Waals surface area contributed by atoms with Gasteiger partial charge in [0.1, 0.15) is 11.7 Å². The first-order valence-corrected chi connectivity index (χ1v) is 14.6. The molecule has 0 aromatic carbocycles. The first-order valence-electron chi connectivity index (χ1n) is 14.6. The molecular weight excluding hydrogens is 560 g/mol. The Morgan fingerprint density at radius 1 is 0.886 bits per heavy atom. The van der Waals surface area contributed by atoms with Crippen molar-refractivity contribution in [3.8, 4) is 0 Å². The molecule has 0 radical (unpaired) electrons. The monoisotopic (exact) mass is 628 g/mol. The number of ether oxygens (including phenoxy) is 4. The third-order valence-electron chi connectivity index (χ3n) is 10.2. The molecule has 8 nitrogen and oxygen atoms in total. The summed E-state index contributed by atoms with van der Waals surface area (Å²) in [6.07, 6.45) is 8.32. The Labute approximate surface area is 270 Å². The van der Waals surface area contributed by atoms with Gasteiger partial charge in [0.15, 0.2) is 0 Å². The molecule has 260 valence electrons. The summed E-state index contributed by atoms with van der Waals surface area (Å²) in [4.78, 5) is 52.4. The third-order valence-corrected chi connectivity index (χ3v) is 10.2. The van der Waals surface area contributed by atoms with E-state index in [4.69, 9.17) is 18.9 Å². The maximum absolute atomic E-state index is 14.0. The molecule has 0 spiro atoms. The Kier molecular flexibility index (Phi) is 16.1. The second-order valence-corrected chi connectivity index (χ2v) is 14.1. The highest BCUT2D eigenvalue weighted by molar-refractivity contribution is 5.97. The number of rotatable bonds is 9. The van der Waals surface area contributed by atoms with E-state index in [-0.39, 0.29) is 81.5 Å². The van der Waals surface area contributed by atoms with E-state index in [1.54, 1.807) is 13.8 Å². The predicted octanol–water partition coefficient (Wildman–Crippen LogP) is 8.72. The van der Waals surface area contributed by atoms with E-state index in [0.717, 1.165) is 25.7 Å². The van der Waals surface area contributed by atoms with Crippen molar-refractivity contribution in [3.05, 3.63) is 0 Å². The van der Waals surface area contributed by atoms with Crippen molar-refractivity contribution >= 4 is 23.9 Å². The summed E-state index contributed by atoms with van der Waals surface area (Å²) in [5, 5.41) is 0. The number of hydrogen-bond donors (Lipinski definition) is 0. The van der Waals surface area contributed by atoms with Gasteiger partial charge in [0.25, 0.3) is 0 Å². The fourth-order valence-corrected chi connectivity index (χ4v) is 8.63. The van der Waals surface area contributed by atoms with Crippen LogP contribution in [-0.4, -0.2) is 48.8 Å². The lowest BCUT2D eigenvalue weighted by atomic mass is 9.54. The predicted molar refractivity (Wildman–Crippen MR) is 177 cm³/mol. The first kappa shape index (κ1) is 44.2. The molecule has 6 fully saturated rings. The molecule has 2 aliphatic heterocycles. The van der Waals surface area contributed by atoms with Crippen molar-refractivity contribution in [2.24, 2.45) is 34.0 Å². The van der Waals surface area contributed by atoms with Crippen LogP contribution >= 0.6 is 0 Å². The van der Waals surface area contributed by atoms with Crippen LogP contribution in [0.25, 0.3) is 0 Å². The second-order valence-electron chi connectivity index (χ2n) is 14.1. The van der Waals surface area contributed by atoms with Crippen LogP contribution in [0, 0.1) is 34.0 Å².